The van der Waals surface area contributed by atoms with Gasteiger partial charge in [0.05, 0.1) is 0 Å². The van der Waals surface area contributed by atoms with Gasteiger partial charge in [0.2, 0.25) is 5.91 Å². The van der Waals surface area contributed by atoms with Gasteiger partial charge in [-0.1, -0.05) is 46.3 Å². The minimum absolute atomic E-state index is 0.246. The van der Waals surface area contributed by atoms with Gasteiger partial charge < -0.3 is 5.32 Å². The number of carbonyl (C=O) groups is 1. The van der Waals surface area contributed by atoms with E-state index in [0.717, 1.165) is 12.1 Å². The van der Waals surface area contributed by atoms with Crippen molar-refractivity contribution in [2.45, 2.75) is 5.38 Å². The quantitative estimate of drug-likeness (QED) is 0.793. The van der Waals surface area contributed by atoms with E-state index in [-0.39, 0.29) is 4.47 Å². The predicted molar refractivity (Wildman–Crippen MR) is 77.7 cm³/mol. The van der Waals surface area contributed by atoms with Crippen LogP contribution >= 0.6 is 27.5 Å². The van der Waals surface area contributed by atoms with Gasteiger partial charge in [0.25, 0.3) is 0 Å². The summed E-state index contributed by atoms with van der Waals surface area (Å²) in [5.41, 5.74) is 0.0318. The molecule has 0 spiro atoms. The Hall–Kier alpha value is -1.46. The van der Waals surface area contributed by atoms with Gasteiger partial charge in [0, 0.05) is 4.47 Å². The molecule has 1 N–H and O–H groups in total. The number of amides is 1. The molecule has 0 saturated carbocycles. The molecule has 1 amide bonds. The van der Waals surface area contributed by atoms with Crippen LogP contribution in [-0.2, 0) is 4.79 Å². The molecule has 0 aliphatic carbocycles. The third-order valence-corrected chi connectivity index (χ3v) is 3.49. The van der Waals surface area contributed by atoms with E-state index in [1.165, 1.54) is 0 Å². The molecular weight excluding hydrogens is 352 g/mol. The Morgan fingerprint density at radius 3 is 2.25 bits per heavy atom. The van der Waals surface area contributed by atoms with Crippen LogP contribution in [0.25, 0.3) is 0 Å². The zero-order valence-corrected chi connectivity index (χ0v) is 12.4. The molecule has 1 unspecified atom stereocenters. The molecule has 6 heteroatoms. The number of benzene rings is 2. The monoisotopic (exact) mass is 359 g/mol. The molecule has 0 aliphatic rings. The van der Waals surface area contributed by atoms with Crippen molar-refractivity contribution in [3.63, 3.8) is 0 Å². The smallest absolute Gasteiger partial charge is 0.247 e. The summed E-state index contributed by atoms with van der Waals surface area (Å²) in [7, 11) is 0. The van der Waals surface area contributed by atoms with E-state index in [1.807, 2.05) is 0 Å². The van der Waals surface area contributed by atoms with Crippen LogP contribution in [0.2, 0.25) is 0 Å². The van der Waals surface area contributed by atoms with Crippen molar-refractivity contribution in [3.05, 3.63) is 64.1 Å². The average molecular weight is 361 g/mol. The molecule has 2 aromatic rings. The Bertz CT molecular complexity index is 613. The van der Waals surface area contributed by atoms with Gasteiger partial charge in [-0.2, -0.15) is 0 Å². The van der Waals surface area contributed by atoms with Crippen LogP contribution in [0.15, 0.2) is 46.9 Å². The third-order valence-electron chi connectivity index (χ3n) is 2.58. The molecule has 0 radical (unpaired) electrons. The predicted octanol–water partition coefficient (Wildman–Crippen LogP) is 4.65. The molecule has 104 valence electrons. The summed E-state index contributed by atoms with van der Waals surface area (Å²) in [5, 5.41) is 1.13. The van der Waals surface area contributed by atoms with E-state index < -0.39 is 28.6 Å². The molecular formula is C14H9BrClF2NO. The van der Waals surface area contributed by atoms with Crippen molar-refractivity contribution in [1.82, 2.24) is 0 Å². The van der Waals surface area contributed by atoms with E-state index in [4.69, 9.17) is 11.6 Å². The second-order valence-corrected chi connectivity index (χ2v) is 5.36. The number of rotatable bonds is 3. The minimum atomic E-state index is -1.03. The largest absolute Gasteiger partial charge is 0.320 e. The maximum atomic E-state index is 13.6. The third kappa shape index (κ3) is 3.35. The molecule has 20 heavy (non-hydrogen) atoms. The van der Waals surface area contributed by atoms with Gasteiger partial charge in [-0.15, -0.1) is 11.6 Å². The van der Waals surface area contributed by atoms with Crippen molar-refractivity contribution < 1.29 is 13.6 Å². The fraction of sp³-hybridized carbons (Fsp3) is 0.0714. The Kier molecular flexibility index (Phi) is 4.73. The van der Waals surface area contributed by atoms with Gasteiger partial charge in [-0.05, 0) is 17.7 Å². The average Bonchev–Trinajstić information content (AvgIpc) is 2.42. The van der Waals surface area contributed by atoms with Crippen molar-refractivity contribution >= 4 is 39.1 Å². The van der Waals surface area contributed by atoms with Crippen molar-refractivity contribution in [2.75, 3.05) is 5.32 Å². The van der Waals surface area contributed by atoms with E-state index >= 15 is 0 Å². The van der Waals surface area contributed by atoms with Crippen LogP contribution in [-0.4, -0.2) is 5.91 Å². The lowest BCUT2D eigenvalue weighted by Crippen LogP contribution is -2.19. The van der Waals surface area contributed by atoms with Gasteiger partial charge in [-0.25, -0.2) is 8.78 Å². The zero-order chi connectivity index (χ0) is 14.7. The number of nitrogens with one attached hydrogen (secondary N) is 1. The lowest BCUT2D eigenvalue weighted by molar-refractivity contribution is -0.116. The molecule has 0 saturated heterocycles. The Labute approximate surface area is 127 Å². The Morgan fingerprint density at radius 1 is 1.15 bits per heavy atom. The van der Waals surface area contributed by atoms with E-state index in [9.17, 15) is 13.6 Å². The molecule has 0 heterocycles. The maximum absolute atomic E-state index is 13.6. The van der Waals surface area contributed by atoms with Crippen molar-refractivity contribution in [2.24, 2.45) is 0 Å². The highest BCUT2D eigenvalue weighted by Gasteiger charge is 2.20. The molecule has 2 rings (SSSR count). The van der Waals surface area contributed by atoms with Gasteiger partial charge >= 0.3 is 0 Å². The highest BCUT2D eigenvalue weighted by atomic mass is 79.9. The topological polar surface area (TPSA) is 29.1 Å². The molecule has 1 atom stereocenters. The number of halogens is 4. The normalized spacial score (nSPS) is 12.0. The first-order chi connectivity index (χ1) is 9.49. The first kappa shape index (κ1) is 14.9. The lowest BCUT2D eigenvalue weighted by Gasteiger charge is -2.12. The Morgan fingerprint density at radius 2 is 1.70 bits per heavy atom. The SMILES string of the molecule is O=C(Nc1c(F)cc(Br)cc1F)C(Cl)c1ccccc1. The van der Waals surface area contributed by atoms with Crippen LogP contribution in [0.3, 0.4) is 0 Å². The standard InChI is InChI=1S/C14H9BrClF2NO/c15-9-6-10(17)13(11(18)7-9)19-14(20)12(16)8-4-2-1-3-5-8/h1-7,12H,(H,19,20). The highest BCUT2D eigenvalue weighted by Crippen LogP contribution is 2.27. The number of alkyl halides is 1. The summed E-state index contributed by atoms with van der Waals surface area (Å²) in [5.74, 6) is -2.44. The second kappa shape index (κ2) is 6.33. The van der Waals surface area contributed by atoms with Gasteiger partial charge in [0.1, 0.15) is 11.1 Å². The lowest BCUT2D eigenvalue weighted by atomic mass is 10.1. The van der Waals surface area contributed by atoms with E-state index in [2.05, 4.69) is 21.2 Å². The van der Waals surface area contributed by atoms with E-state index in [0.29, 0.717) is 5.56 Å². The highest BCUT2D eigenvalue weighted by molar-refractivity contribution is 9.10. The summed E-state index contributed by atoms with van der Waals surface area (Å²) >= 11 is 8.94. The molecule has 2 nitrogen and oxygen atoms in total. The minimum Gasteiger partial charge on any atom is -0.320 e. The number of hydrogen-bond donors (Lipinski definition) is 1. The van der Waals surface area contributed by atoms with Crippen LogP contribution in [0.4, 0.5) is 14.5 Å². The summed E-state index contributed by atoms with van der Waals surface area (Å²) in [6, 6.07) is 10.7. The molecule has 0 bridgehead atoms. The maximum Gasteiger partial charge on any atom is 0.247 e. The van der Waals surface area contributed by atoms with Crippen molar-refractivity contribution in [3.8, 4) is 0 Å². The fourth-order valence-corrected chi connectivity index (χ4v) is 2.22. The van der Waals surface area contributed by atoms with Crippen LogP contribution in [0, 0.1) is 11.6 Å². The molecule has 0 aliphatic heterocycles. The zero-order valence-electron chi connectivity index (χ0n) is 10.0. The first-order valence-corrected chi connectivity index (χ1v) is 6.86. The summed E-state index contributed by atoms with van der Waals surface area (Å²) in [4.78, 5) is 11.9. The van der Waals surface area contributed by atoms with E-state index in [1.54, 1.807) is 30.3 Å². The first-order valence-electron chi connectivity index (χ1n) is 5.63. The van der Waals surface area contributed by atoms with Crippen LogP contribution in [0.1, 0.15) is 10.9 Å². The molecule has 0 fully saturated rings. The molecule has 0 aromatic heterocycles. The summed E-state index contributed by atoms with van der Waals surface area (Å²) < 4.78 is 27.5. The second-order valence-electron chi connectivity index (χ2n) is 4.01. The van der Waals surface area contributed by atoms with Gasteiger partial charge in [-0.3, -0.25) is 4.79 Å². The van der Waals surface area contributed by atoms with Crippen molar-refractivity contribution in [1.29, 1.82) is 0 Å². The van der Waals surface area contributed by atoms with Gasteiger partial charge in [0.15, 0.2) is 11.6 Å². The number of hydrogen-bond acceptors (Lipinski definition) is 1. The molecule has 2 aromatic carbocycles. The summed E-state index contributed by atoms with van der Waals surface area (Å²) in [6.07, 6.45) is 0. The summed E-state index contributed by atoms with van der Waals surface area (Å²) in [6.45, 7) is 0. The fourth-order valence-electron chi connectivity index (χ4n) is 1.62. The Balaban J connectivity index is 2.20. The van der Waals surface area contributed by atoms with Crippen LogP contribution < -0.4 is 5.32 Å². The van der Waals surface area contributed by atoms with Crippen LogP contribution in [0.5, 0.6) is 0 Å². The number of anilines is 1. The number of carbonyl (C=O) groups excluding carboxylic acids is 1.